The van der Waals surface area contributed by atoms with Crippen molar-refractivity contribution in [2.45, 2.75) is 23.8 Å². The first-order valence-electron chi connectivity index (χ1n) is 6.55. The fourth-order valence-electron chi connectivity index (χ4n) is 2.16. The van der Waals surface area contributed by atoms with Gasteiger partial charge in [-0.05, 0) is 37.6 Å². The summed E-state index contributed by atoms with van der Waals surface area (Å²) in [4.78, 5) is 11.4. The number of esters is 1. The van der Waals surface area contributed by atoms with Crippen molar-refractivity contribution >= 4 is 27.6 Å². The molecule has 0 radical (unpaired) electrons. The second-order valence-electron chi connectivity index (χ2n) is 4.78. The molecule has 21 heavy (non-hydrogen) atoms. The molecule has 0 saturated carbocycles. The third-order valence-corrected chi connectivity index (χ3v) is 5.07. The number of carbonyl (C=O) groups is 1. The molecule has 1 aliphatic heterocycles. The highest BCUT2D eigenvalue weighted by Crippen LogP contribution is 2.21. The highest BCUT2D eigenvalue weighted by Gasteiger charge is 2.21. The van der Waals surface area contributed by atoms with E-state index in [1.807, 2.05) is 0 Å². The molecule has 1 aromatic carbocycles. The van der Waals surface area contributed by atoms with Gasteiger partial charge in [-0.3, -0.25) is 0 Å². The zero-order chi connectivity index (χ0) is 15.5. The Morgan fingerprint density at radius 1 is 1.52 bits per heavy atom. The largest absolute Gasteiger partial charge is 0.465 e. The van der Waals surface area contributed by atoms with Gasteiger partial charge in [0.1, 0.15) is 0 Å². The average Bonchev–Trinajstić information content (AvgIpc) is 2.97. The van der Waals surface area contributed by atoms with Gasteiger partial charge in [-0.25, -0.2) is 17.9 Å². The van der Waals surface area contributed by atoms with Crippen molar-refractivity contribution in [2.24, 2.45) is 0 Å². The summed E-state index contributed by atoms with van der Waals surface area (Å²) in [7, 11) is -2.41. The van der Waals surface area contributed by atoms with E-state index >= 15 is 0 Å². The number of benzene rings is 1. The lowest BCUT2D eigenvalue weighted by Crippen LogP contribution is -2.37. The zero-order valence-electron chi connectivity index (χ0n) is 11.6. The number of methoxy groups -OCH3 is 1. The Morgan fingerprint density at radius 3 is 2.86 bits per heavy atom. The first-order chi connectivity index (χ1) is 9.94. The van der Waals surface area contributed by atoms with Crippen molar-refractivity contribution in [3.63, 3.8) is 0 Å². The smallest absolute Gasteiger partial charge is 0.339 e. The van der Waals surface area contributed by atoms with E-state index in [1.54, 1.807) is 0 Å². The van der Waals surface area contributed by atoms with Crippen LogP contribution in [0.4, 0.5) is 0 Å². The van der Waals surface area contributed by atoms with Crippen LogP contribution >= 0.6 is 11.6 Å². The molecule has 1 unspecified atom stereocenters. The third kappa shape index (κ3) is 3.94. The zero-order valence-corrected chi connectivity index (χ0v) is 13.1. The summed E-state index contributed by atoms with van der Waals surface area (Å²) in [5.74, 6) is -0.605. The molecule has 1 heterocycles. The van der Waals surface area contributed by atoms with Crippen LogP contribution in [0.25, 0.3) is 0 Å². The van der Waals surface area contributed by atoms with E-state index in [2.05, 4.69) is 14.8 Å². The molecular weight excluding hydrogens is 316 g/mol. The summed E-state index contributed by atoms with van der Waals surface area (Å²) in [5.41, 5.74) is 0.135. The SMILES string of the molecule is COC(=O)c1ccc(S(=O)(=O)NCC2CCCN2)cc1Cl. The molecule has 0 spiro atoms. The monoisotopic (exact) mass is 332 g/mol. The summed E-state index contributed by atoms with van der Waals surface area (Å²) in [6.07, 6.45) is 2.00. The van der Waals surface area contributed by atoms with Crippen LogP contribution in [-0.4, -0.2) is 40.6 Å². The first-order valence-corrected chi connectivity index (χ1v) is 8.41. The van der Waals surface area contributed by atoms with Crippen molar-refractivity contribution in [2.75, 3.05) is 20.2 Å². The lowest BCUT2D eigenvalue weighted by atomic mass is 10.2. The number of halogens is 1. The van der Waals surface area contributed by atoms with Crippen LogP contribution in [0.2, 0.25) is 5.02 Å². The number of nitrogens with one attached hydrogen (secondary N) is 2. The molecule has 1 atom stereocenters. The highest BCUT2D eigenvalue weighted by atomic mass is 35.5. The summed E-state index contributed by atoms with van der Waals surface area (Å²) in [5, 5.41) is 3.25. The Kier molecular flexibility index (Phi) is 5.21. The molecule has 1 aromatic rings. The molecule has 6 nitrogen and oxygen atoms in total. The van der Waals surface area contributed by atoms with Gasteiger partial charge in [-0.15, -0.1) is 0 Å². The molecule has 0 amide bonds. The van der Waals surface area contributed by atoms with Crippen LogP contribution in [-0.2, 0) is 14.8 Å². The van der Waals surface area contributed by atoms with Gasteiger partial charge < -0.3 is 10.1 Å². The van der Waals surface area contributed by atoms with Crippen molar-refractivity contribution < 1.29 is 17.9 Å². The van der Waals surface area contributed by atoms with Crippen LogP contribution in [0.15, 0.2) is 23.1 Å². The molecule has 2 rings (SSSR count). The number of ether oxygens (including phenoxy) is 1. The fourth-order valence-corrected chi connectivity index (χ4v) is 3.59. The van der Waals surface area contributed by atoms with Crippen molar-refractivity contribution in [3.05, 3.63) is 28.8 Å². The Bertz CT molecular complexity index is 627. The first kappa shape index (κ1) is 16.2. The third-order valence-electron chi connectivity index (χ3n) is 3.34. The second kappa shape index (κ2) is 6.74. The van der Waals surface area contributed by atoms with Gasteiger partial charge in [0.15, 0.2) is 0 Å². The van der Waals surface area contributed by atoms with Gasteiger partial charge in [-0.2, -0.15) is 0 Å². The summed E-state index contributed by atoms with van der Waals surface area (Å²) < 4.78 is 31.5. The minimum absolute atomic E-state index is 0.0261. The standard InChI is InChI=1S/C13H17ClN2O4S/c1-20-13(17)11-5-4-10(7-12(11)14)21(18,19)16-8-9-3-2-6-15-9/h4-5,7,9,15-16H,2-3,6,8H2,1H3. The van der Waals surface area contributed by atoms with E-state index in [1.165, 1.54) is 25.3 Å². The number of hydrogen-bond donors (Lipinski definition) is 2. The van der Waals surface area contributed by atoms with Crippen molar-refractivity contribution in [1.29, 1.82) is 0 Å². The van der Waals surface area contributed by atoms with E-state index in [0.717, 1.165) is 19.4 Å². The lowest BCUT2D eigenvalue weighted by Gasteiger charge is -2.12. The van der Waals surface area contributed by atoms with Crippen molar-refractivity contribution in [1.82, 2.24) is 10.0 Å². The fraction of sp³-hybridized carbons (Fsp3) is 0.462. The Labute approximate surface area is 128 Å². The highest BCUT2D eigenvalue weighted by molar-refractivity contribution is 7.89. The molecule has 0 aromatic heterocycles. The number of rotatable bonds is 5. The number of hydrogen-bond acceptors (Lipinski definition) is 5. The van der Waals surface area contributed by atoms with Crippen molar-refractivity contribution in [3.8, 4) is 0 Å². The molecule has 8 heteroatoms. The van der Waals surface area contributed by atoms with Gasteiger partial charge >= 0.3 is 5.97 Å². The Morgan fingerprint density at radius 2 is 2.29 bits per heavy atom. The minimum atomic E-state index is -3.65. The Balaban J connectivity index is 2.12. The van der Waals surface area contributed by atoms with Crippen LogP contribution in [0.5, 0.6) is 0 Å². The van der Waals surface area contributed by atoms with Gasteiger partial charge in [0, 0.05) is 12.6 Å². The quantitative estimate of drug-likeness (QED) is 0.790. The van der Waals surface area contributed by atoms with Gasteiger partial charge in [0.2, 0.25) is 10.0 Å². The maximum atomic E-state index is 12.2. The number of sulfonamides is 1. The second-order valence-corrected chi connectivity index (χ2v) is 6.95. The van der Waals surface area contributed by atoms with Crippen LogP contribution in [0.3, 0.4) is 0 Å². The lowest BCUT2D eigenvalue weighted by molar-refractivity contribution is 0.0601. The van der Waals surface area contributed by atoms with Crippen LogP contribution in [0, 0.1) is 0 Å². The molecule has 2 N–H and O–H groups in total. The summed E-state index contributed by atoms with van der Waals surface area (Å²) >= 11 is 5.93. The Hall–Kier alpha value is -1.15. The number of carbonyl (C=O) groups excluding carboxylic acids is 1. The molecule has 0 aliphatic carbocycles. The molecular formula is C13H17ClN2O4S. The molecule has 0 bridgehead atoms. The molecule has 1 saturated heterocycles. The average molecular weight is 333 g/mol. The maximum Gasteiger partial charge on any atom is 0.339 e. The van der Waals surface area contributed by atoms with Gasteiger partial charge in [0.25, 0.3) is 0 Å². The molecule has 116 valence electrons. The van der Waals surface area contributed by atoms with E-state index in [4.69, 9.17) is 11.6 Å². The van der Waals surface area contributed by atoms with E-state index in [0.29, 0.717) is 6.54 Å². The van der Waals surface area contributed by atoms with Crippen LogP contribution in [0.1, 0.15) is 23.2 Å². The van der Waals surface area contributed by atoms with E-state index in [-0.39, 0.29) is 21.5 Å². The molecule has 1 fully saturated rings. The van der Waals surface area contributed by atoms with Crippen LogP contribution < -0.4 is 10.0 Å². The van der Waals surface area contributed by atoms with Gasteiger partial charge in [0.05, 0.1) is 22.6 Å². The predicted molar refractivity (Wildman–Crippen MR) is 79.0 cm³/mol. The molecule has 1 aliphatic rings. The van der Waals surface area contributed by atoms with E-state index in [9.17, 15) is 13.2 Å². The maximum absolute atomic E-state index is 12.2. The van der Waals surface area contributed by atoms with Gasteiger partial charge in [-0.1, -0.05) is 11.6 Å². The predicted octanol–water partition coefficient (Wildman–Crippen LogP) is 1.16. The normalized spacial score (nSPS) is 18.7. The van der Waals surface area contributed by atoms with E-state index < -0.39 is 16.0 Å². The minimum Gasteiger partial charge on any atom is -0.465 e. The topological polar surface area (TPSA) is 84.5 Å². The summed E-state index contributed by atoms with van der Waals surface area (Å²) in [6, 6.07) is 4.08. The summed E-state index contributed by atoms with van der Waals surface area (Å²) in [6.45, 7) is 1.24.